The normalized spacial score (nSPS) is 17.8. The predicted molar refractivity (Wildman–Crippen MR) is 140 cm³/mol. The van der Waals surface area contributed by atoms with Gasteiger partial charge in [0.1, 0.15) is 11.4 Å². The van der Waals surface area contributed by atoms with Crippen molar-refractivity contribution in [3.8, 4) is 0 Å². The minimum atomic E-state index is -0.476. The molecule has 1 saturated heterocycles. The molecule has 2 aromatic rings. The van der Waals surface area contributed by atoms with Crippen LogP contribution in [0.4, 0.5) is 4.79 Å². The van der Waals surface area contributed by atoms with E-state index >= 15 is 0 Å². The van der Waals surface area contributed by atoms with Gasteiger partial charge in [0.15, 0.2) is 5.96 Å². The van der Waals surface area contributed by atoms with Gasteiger partial charge in [-0.3, -0.25) is 4.99 Å². The van der Waals surface area contributed by atoms with Crippen molar-refractivity contribution in [2.75, 3.05) is 26.2 Å². The molecule has 1 unspecified atom stereocenters. The van der Waals surface area contributed by atoms with Crippen LogP contribution in [0.2, 0.25) is 0 Å². The van der Waals surface area contributed by atoms with Crippen LogP contribution in [0.5, 0.6) is 0 Å². The molecule has 1 amide bonds. The highest BCUT2D eigenvalue weighted by atomic mass is 127. The van der Waals surface area contributed by atoms with E-state index in [2.05, 4.69) is 50.1 Å². The van der Waals surface area contributed by atoms with Crippen molar-refractivity contribution < 1.29 is 9.53 Å². The van der Waals surface area contributed by atoms with Crippen LogP contribution in [0.1, 0.15) is 38.6 Å². The number of nitrogens with zero attached hydrogens (tertiary/aromatic N) is 5. The second kappa shape index (κ2) is 11.2. The van der Waals surface area contributed by atoms with E-state index in [-0.39, 0.29) is 36.1 Å². The first-order valence-corrected chi connectivity index (χ1v) is 11.5. The molecule has 1 atom stereocenters. The maximum absolute atomic E-state index is 12.4. The Hall–Kier alpha value is -2.30. The fourth-order valence-corrected chi connectivity index (χ4v) is 4.19. The number of aliphatic imine (C=N–C) groups is 1. The van der Waals surface area contributed by atoms with E-state index in [0.29, 0.717) is 26.2 Å². The minimum Gasteiger partial charge on any atom is -0.444 e. The number of hydrogen-bond acceptors (Lipinski definition) is 6. The van der Waals surface area contributed by atoms with Gasteiger partial charge in [0.2, 0.25) is 0 Å². The Morgan fingerprint density at radius 1 is 1.21 bits per heavy atom. The van der Waals surface area contributed by atoms with Crippen molar-refractivity contribution in [1.29, 1.82) is 0 Å². The highest BCUT2D eigenvalue weighted by molar-refractivity contribution is 14.0. The standard InChI is InChI=1S/C24H34N6O2.HI/c1-24(2,3)32-23(31)29-14-15-30-20(18-29)16-26-22(30)27-17-21-25-11-13-28(21)12-7-10-19-8-5-4-6-9-19;/h4-6,8-9,11,13,20H,7,10,12,14-18H2,1-3H3,(H,26,27);1H. The van der Waals surface area contributed by atoms with Crippen LogP contribution in [-0.4, -0.2) is 69.2 Å². The summed E-state index contributed by atoms with van der Waals surface area (Å²) in [7, 11) is 0. The Morgan fingerprint density at radius 3 is 2.76 bits per heavy atom. The summed E-state index contributed by atoms with van der Waals surface area (Å²) in [6.07, 6.45) is 5.79. The number of benzene rings is 1. The summed E-state index contributed by atoms with van der Waals surface area (Å²) in [6.45, 7) is 9.98. The van der Waals surface area contributed by atoms with Crippen LogP contribution in [0.3, 0.4) is 0 Å². The summed E-state index contributed by atoms with van der Waals surface area (Å²) in [5, 5.41) is 3.47. The third-order valence-electron chi connectivity index (χ3n) is 5.77. The summed E-state index contributed by atoms with van der Waals surface area (Å²) >= 11 is 0. The second-order valence-corrected chi connectivity index (χ2v) is 9.42. The number of nitrogens with one attached hydrogen (secondary N) is 1. The molecule has 2 aliphatic heterocycles. The van der Waals surface area contributed by atoms with E-state index in [0.717, 1.165) is 37.7 Å². The third kappa shape index (κ3) is 6.84. The van der Waals surface area contributed by atoms with Crippen LogP contribution >= 0.6 is 24.0 Å². The molecule has 0 aliphatic carbocycles. The number of fused-ring (bicyclic) bond motifs is 1. The number of ether oxygens (including phenoxy) is 1. The maximum Gasteiger partial charge on any atom is 0.410 e. The van der Waals surface area contributed by atoms with Gasteiger partial charge in [-0.15, -0.1) is 24.0 Å². The van der Waals surface area contributed by atoms with E-state index < -0.39 is 5.60 Å². The largest absolute Gasteiger partial charge is 0.444 e. The molecule has 33 heavy (non-hydrogen) atoms. The summed E-state index contributed by atoms with van der Waals surface area (Å²) in [4.78, 5) is 25.7. The van der Waals surface area contributed by atoms with E-state index in [4.69, 9.17) is 9.73 Å². The Labute approximate surface area is 213 Å². The lowest BCUT2D eigenvalue weighted by Crippen LogP contribution is -2.57. The minimum absolute atomic E-state index is 0. The first kappa shape index (κ1) is 25.3. The van der Waals surface area contributed by atoms with E-state index in [1.807, 2.05) is 33.2 Å². The number of imidazole rings is 1. The summed E-state index contributed by atoms with van der Waals surface area (Å²) in [5.41, 5.74) is 0.889. The number of aryl methyl sites for hydroxylation is 2. The quantitative estimate of drug-likeness (QED) is 0.542. The first-order valence-electron chi connectivity index (χ1n) is 11.5. The predicted octanol–water partition coefficient (Wildman–Crippen LogP) is 3.51. The summed E-state index contributed by atoms with van der Waals surface area (Å²) in [6, 6.07) is 10.8. The lowest BCUT2D eigenvalue weighted by Gasteiger charge is -2.39. The van der Waals surface area contributed by atoms with Gasteiger partial charge < -0.3 is 24.4 Å². The lowest BCUT2D eigenvalue weighted by atomic mass is 10.1. The average Bonchev–Trinajstić information content (AvgIpc) is 3.38. The second-order valence-electron chi connectivity index (χ2n) is 9.42. The smallest absolute Gasteiger partial charge is 0.410 e. The number of carbonyl (C=O) groups is 1. The molecule has 9 heteroatoms. The molecule has 1 fully saturated rings. The molecule has 0 radical (unpaired) electrons. The Kier molecular flexibility index (Phi) is 8.61. The van der Waals surface area contributed by atoms with E-state index in [1.165, 1.54) is 5.56 Å². The van der Waals surface area contributed by atoms with Crippen molar-refractivity contribution in [3.63, 3.8) is 0 Å². The van der Waals surface area contributed by atoms with Crippen molar-refractivity contribution in [2.45, 2.75) is 58.3 Å². The van der Waals surface area contributed by atoms with Crippen LogP contribution in [0.15, 0.2) is 47.7 Å². The van der Waals surface area contributed by atoms with Gasteiger partial charge in [0.05, 0.1) is 19.1 Å². The summed E-state index contributed by atoms with van der Waals surface area (Å²) in [5.74, 6) is 1.91. The third-order valence-corrected chi connectivity index (χ3v) is 5.77. The highest BCUT2D eigenvalue weighted by Gasteiger charge is 2.36. The monoisotopic (exact) mass is 566 g/mol. The first-order chi connectivity index (χ1) is 15.4. The highest BCUT2D eigenvalue weighted by Crippen LogP contribution is 2.19. The fourth-order valence-electron chi connectivity index (χ4n) is 4.19. The van der Waals surface area contributed by atoms with Crippen molar-refractivity contribution >= 4 is 36.0 Å². The molecular formula is C24H35IN6O2. The molecule has 0 bridgehead atoms. The molecule has 180 valence electrons. The zero-order valence-electron chi connectivity index (χ0n) is 19.7. The van der Waals surface area contributed by atoms with Gasteiger partial charge in [0, 0.05) is 38.6 Å². The molecule has 1 aromatic carbocycles. The van der Waals surface area contributed by atoms with Gasteiger partial charge in [0.25, 0.3) is 0 Å². The van der Waals surface area contributed by atoms with Gasteiger partial charge in [-0.05, 0) is 39.2 Å². The van der Waals surface area contributed by atoms with E-state index in [1.54, 1.807) is 4.90 Å². The molecule has 0 saturated carbocycles. The molecule has 8 nitrogen and oxygen atoms in total. The topological polar surface area (TPSA) is 75.0 Å². The number of carbonyl (C=O) groups excluding carboxylic acids is 1. The molecular weight excluding hydrogens is 531 g/mol. The van der Waals surface area contributed by atoms with Gasteiger partial charge in [-0.2, -0.15) is 0 Å². The van der Waals surface area contributed by atoms with Crippen LogP contribution in [-0.2, 0) is 24.2 Å². The zero-order valence-corrected chi connectivity index (χ0v) is 22.1. The van der Waals surface area contributed by atoms with Gasteiger partial charge >= 0.3 is 6.09 Å². The summed E-state index contributed by atoms with van der Waals surface area (Å²) < 4.78 is 7.74. The maximum atomic E-state index is 12.4. The zero-order chi connectivity index (χ0) is 22.6. The molecule has 2 aliphatic rings. The lowest BCUT2D eigenvalue weighted by molar-refractivity contribution is 0.0137. The SMILES string of the molecule is CC(C)(C)OC(=O)N1CCN2C(NCc3nccn3CCCc3ccccc3)=NCC2C1.I. The number of piperazine rings is 1. The molecule has 0 spiro atoms. The number of rotatable bonds is 6. The number of amides is 1. The number of hydrogen-bond donors (Lipinski definition) is 1. The average molecular weight is 566 g/mol. The molecule has 4 rings (SSSR count). The van der Waals surface area contributed by atoms with Crippen molar-refractivity contribution in [1.82, 2.24) is 24.7 Å². The molecule has 3 heterocycles. The Morgan fingerprint density at radius 2 is 2.00 bits per heavy atom. The van der Waals surface area contributed by atoms with Gasteiger partial charge in [-0.25, -0.2) is 9.78 Å². The molecule has 1 N–H and O–H groups in total. The van der Waals surface area contributed by atoms with Gasteiger partial charge in [-0.1, -0.05) is 30.3 Å². The fraction of sp³-hybridized carbons (Fsp3) is 0.542. The number of halogens is 1. The number of guanidine groups is 1. The Bertz CT molecular complexity index is 940. The molecule has 1 aromatic heterocycles. The van der Waals surface area contributed by atoms with Crippen LogP contribution in [0.25, 0.3) is 0 Å². The number of aromatic nitrogens is 2. The van der Waals surface area contributed by atoms with Crippen LogP contribution in [0, 0.1) is 0 Å². The Balaban J connectivity index is 0.00000306. The van der Waals surface area contributed by atoms with Crippen molar-refractivity contribution in [2.24, 2.45) is 4.99 Å². The van der Waals surface area contributed by atoms with Crippen LogP contribution < -0.4 is 5.32 Å². The van der Waals surface area contributed by atoms with Crippen molar-refractivity contribution in [3.05, 3.63) is 54.1 Å². The van der Waals surface area contributed by atoms with E-state index in [9.17, 15) is 4.79 Å².